The van der Waals surface area contributed by atoms with Crippen LogP contribution in [0.3, 0.4) is 0 Å². The number of hydrogen-bond donors (Lipinski definition) is 1. The number of ether oxygens (including phenoxy) is 1. The minimum absolute atomic E-state index is 0.0148. The average Bonchev–Trinajstić information content (AvgIpc) is 2.54. The Hall–Kier alpha value is -1.40. The highest BCUT2D eigenvalue weighted by Gasteiger charge is 2.22. The van der Waals surface area contributed by atoms with Crippen LogP contribution in [0.25, 0.3) is 0 Å². The van der Waals surface area contributed by atoms with Gasteiger partial charge in [-0.1, -0.05) is 12.1 Å². The third kappa shape index (κ3) is 5.95. The van der Waals surface area contributed by atoms with E-state index < -0.39 is 10.8 Å². The molecule has 1 aromatic carbocycles. The zero-order chi connectivity index (χ0) is 16.7. The van der Waals surface area contributed by atoms with Gasteiger partial charge in [0.2, 0.25) is 5.91 Å². The summed E-state index contributed by atoms with van der Waals surface area (Å²) in [5.41, 5.74) is 1.03. The number of nitrogens with zero attached hydrogens (tertiary/aromatic N) is 1. The first-order valence-corrected chi connectivity index (χ1v) is 9.61. The maximum absolute atomic E-state index is 12.1. The van der Waals surface area contributed by atoms with Crippen LogP contribution in [0.15, 0.2) is 24.3 Å². The van der Waals surface area contributed by atoms with E-state index in [1.807, 2.05) is 38.2 Å². The third-order valence-corrected chi connectivity index (χ3v) is 5.46. The minimum atomic E-state index is -0.662. The SMILES string of the molecule is CCOc1cccc(CNC(=O)CN(C)C2CCS(=O)CC2)c1. The van der Waals surface area contributed by atoms with Crippen molar-refractivity contribution in [2.45, 2.75) is 32.4 Å². The fraction of sp³-hybridized carbons (Fsp3) is 0.588. The Morgan fingerprint density at radius 3 is 2.83 bits per heavy atom. The molecule has 2 rings (SSSR count). The van der Waals surface area contributed by atoms with Crippen LogP contribution < -0.4 is 10.1 Å². The Morgan fingerprint density at radius 2 is 2.13 bits per heavy atom. The van der Waals surface area contributed by atoms with Gasteiger partial charge in [0.25, 0.3) is 0 Å². The summed E-state index contributed by atoms with van der Waals surface area (Å²) >= 11 is 0. The van der Waals surface area contributed by atoms with Crippen LogP contribution in [0.1, 0.15) is 25.3 Å². The second-order valence-electron chi connectivity index (χ2n) is 5.85. The molecule has 1 amide bonds. The van der Waals surface area contributed by atoms with Gasteiger partial charge in [-0.25, -0.2) is 0 Å². The van der Waals surface area contributed by atoms with Crippen molar-refractivity contribution in [3.05, 3.63) is 29.8 Å². The Morgan fingerprint density at radius 1 is 1.39 bits per heavy atom. The van der Waals surface area contributed by atoms with Gasteiger partial charge in [-0.05, 0) is 44.5 Å². The van der Waals surface area contributed by atoms with Crippen molar-refractivity contribution in [2.75, 3.05) is 31.7 Å². The molecule has 1 aromatic rings. The smallest absolute Gasteiger partial charge is 0.234 e. The lowest BCUT2D eigenvalue weighted by molar-refractivity contribution is -0.122. The van der Waals surface area contributed by atoms with E-state index in [4.69, 9.17) is 4.74 Å². The second kappa shape index (κ2) is 9.03. The highest BCUT2D eigenvalue weighted by molar-refractivity contribution is 7.85. The van der Waals surface area contributed by atoms with Crippen molar-refractivity contribution in [1.29, 1.82) is 0 Å². The van der Waals surface area contributed by atoms with Crippen LogP contribution in [0.2, 0.25) is 0 Å². The molecule has 1 N–H and O–H groups in total. The molecule has 0 bridgehead atoms. The molecule has 0 aromatic heterocycles. The van der Waals surface area contributed by atoms with Crippen LogP contribution in [-0.2, 0) is 22.1 Å². The molecule has 128 valence electrons. The van der Waals surface area contributed by atoms with E-state index >= 15 is 0 Å². The number of amides is 1. The van der Waals surface area contributed by atoms with E-state index in [1.54, 1.807) is 0 Å². The topological polar surface area (TPSA) is 58.6 Å². The van der Waals surface area contributed by atoms with Crippen LogP contribution in [0.5, 0.6) is 5.75 Å². The Kier molecular flexibility index (Phi) is 7.05. The number of nitrogens with one attached hydrogen (secondary N) is 1. The van der Waals surface area contributed by atoms with Crippen molar-refractivity contribution in [2.24, 2.45) is 0 Å². The van der Waals surface area contributed by atoms with Crippen molar-refractivity contribution < 1.29 is 13.7 Å². The predicted octanol–water partition coefficient (Wildman–Crippen LogP) is 1.54. The fourth-order valence-electron chi connectivity index (χ4n) is 2.75. The van der Waals surface area contributed by atoms with Crippen molar-refractivity contribution in [3.8, 4) is 5.75 Å². The molecule has 6 heteroatoms. The lowest BCUT2D eigenvalue weighted by Gasteiger charge is -2.30. The summed E-state index contributed by atoms with van der Waals surface area (Å²) in [6.45, 7) is 3.46. The Bertz CT molecular complexity index is 540. The molecule has 1 heterocycles. The van der Waals surface area contributed by atoms with E-state index in [0.29, 0.717) is 25.7 Å². The van der Waals surface area contributed by atoms with Gasteiger partial charge in [0.1, 0.15) is 5.75 Å². The van der Waals surface area contributed by atoms with Gasteiger partial charge in [0.05, 0.1) is 13.2 Å². The monoisotopic (exact) mass is 338 g/mol. The van der Waals surface area contributed by atoms with Crippen LogP contribution in [-0.4, -0.2) is 52.8 Å². The molecule has 23 heavy (non-hydrogen) atoms. The zero-order valence-electron chi connectivity index (χ0n) is 13.9. The third-order valence-electron chi connectivity index (χ3n) is 4.07. The molecule has 0 unspecified atom stereocenters. The number of hydrogen-bond acceptors (Lipinski definition) is 4. The summed E-state index contributed by atoms with van der Waals surface area (Å²) in [4.78, 5) is 14.2. The molecule has 0 spiro atoms. The standard InChI is InChI=1S/C17H26N2O3S/c1-3-22-16-6-4-5-14(11-16)12-18-17(20)13-19(2)15-7-9-23(21)10-8-15/h4-6,11,15H,3,7-10,12-13H2,1-2H3,(H,18,20). The molecule has 1 saturated heterocycles. The molecule has 1 fully saturated rings. The van der Waals surface area contributed by atoms with Crippen LogP contribution in [0.4, 0.5) is 0 Å². The summed E-state index contributed by atoms with van der Waals surface area (Å²) in [7, 11) is 1.30. The largest absolute Gasteiger partial charge is 0.494 e. The first-order valence-electron chi connectivity index (χ1n) is 8.12. The molecule has 1 aliphatic rings. The van der Waals surface area contributed by atoms with Gasteiger partial charge in [-0.2, -0.15) is 0 Å². The highest BCUT2D eigenvalue weighted by atomic mass is 32.2. The summed E-state index contributed by atoms with van der Waals surface area (Å²) in [6, 6.07) is 8.13. The van der Waals surface area contributed by atoms with Crippen LogP contribution in [0, 0.1) is 0 Å². The van der Waals surface area contributed by atoms with E-state index in [2.05, 4.69) is 10.2 Å². The molecule has 0 radical (unpaired) electrons. The molecule has 0 saturated carbocycles. The van der Waals surface area contributed by atoms with E-state index in [-0.39, 0.29) is 5.91 Å². The first-order chi connectivity index (χ1) is 11.1. The summed E-state index contributed by atoms with van der Waals surface area (Å²) in [5, 5.41) is 2.95. The van der Waals surface area contributed by atoms with E-state index in [0.717, 1.165) is 35.7 Å². The average molecular weight is 338 g/mol. The number of carbonyl (C=O) groups excluding carboxylic acids is 1. The van der Waals surface area contributed by atoms with Gasteiger partial charge < -0.3 is 10.1 Å². The number of benzene rings is 1. The second-order valence-corrected chi connectivity index (χ2v) is 7.55. The van der Waals surface area contributed by atoms with Crippen molar-refractivity contribution in [1.82, 2.24) is 10.2 Å². The normalized spacial score (nSPS) is 21.2. The first kappa shape index (κ1) is 17.9. The predicted molar refractivity (Wildman–Crippen MR) is 93.0 cm³/mol. The quantitative estimate of drug-likeness (QED) is 0.819. The maximum Gasteiger partial charge on any atom is 0.234 e. The Labute approximate surface area is 140 Å². The fourth-order valence-corrected chi connectivity index (χ4v) is 4.02. The maximum atomic E-state index is 12.1. The number of rotatable bonds is 7. The van der Waals surface area contributed by atoms with Gasteiger partial charge >= 0.3 is 0 Å². The zero-order valence-corrected chi connectivity index (χ0v) is 14.7. The number of carbonyl (C=O) groups is 1. The lowest BCUT2D eigenvalue weighted by Crippen LogP contribution is -2.43. The van der Waals surface area contributed by atoms with Gasteiger partial charge in [-0.3, -0.25) is 13.9 Å². The molecular formula is C17H26N2O3S. The minimum Gasteiger partial charge on any atom is -0.494 e. The van der Waals surface area contributed by atoms with Crippen molar-refractivity contribution >= 4 is 16.7 Å². The summed E-state index contributed by atoms with van der Waals surface area (Å²) in [5.74, 6) is 2.34. The van der Waals surface area contributed by atoms with Gasteiger partial charge in [0.15, 0.2) is 0 Å². The number of likely N-dealkylation sites (N-methyl/N-ethyl adjacent to an activating group) is 1. The van der Waals surface area contributed by atoms with Gasteiger partial charge in [0, 0.05) is 34.9 Å². The van der Waals surface area contributed by atoms with E-state index in [1.165, 1.54) is 0 Å². The Balaban J connectivity index is 1.76. The molecular weight excluding hydrogens is 312 g/mol. The highest BCUT2D eigenvalue weighted by Crippen LogP contribution is 2.15. The van der Waals surface area contributed by atoms with Crippen molar-refractivity contribution in [3.63, 3.8) is 0 Å². The molecule has 0 aliphatic carbocycles. The van der Waals surface area contributed by atoms with Crippen LogP contribution >= 0.6 is 0 Å². The van der Waals surface area contributed by atoms with Gasteiger partial charge in [-0.15, -0.1) is 0 Å². The summed E-state index contributed by atoms with van der Waals surface area (Å²) in [6.07, 6.45) is 1.82. The molecule has 0 atom stereocenters. The molecule has 1 aliphatic heterocycles. The van der Waals surface area contributed by atoms with E-state index in [9.17, 15) is 9.00 Å². The molecule has 5 nitrogen and oxygen atoms in total. The summed E-state index contributed by atoms with van der Waals surface area (Å²) < 4.78 is 16.8. The lowest BCUT2D eigenvalue weighted by atomic mass is 10.1.